The van der Waals surface area contributed by atoms with E-state index in [1.165, 1.54) is 5.56 Å². The summed E-state index contributed by atoms with van der Waals surface area (Å²) in [6.45, 7) is 4.67. The van der Waals surface area contributed by atoms with Crippen LogP contribution in [0.15, 0.2) is 24.3 Å². The van der Waals surface area contributed by atoms with Gasteiger partial charge in [0, 0.05) is 19.1 Å². The summed E-state index contributed by atoms with van der Waals surface area (Å²) >= 11 is 0. The smallest absolute Gasteiger partial charge is 0.220 e. The number of amides is 1. The Kier molecular flexibility index (Phi) is 7.73. The van der Waals surface area contributed by atoms with Gasteiger partial charge in [-0.05, 0) is 38.3 Å². The van der Waals surface area contributed by atoms with Gasteiger partial charge >= 0.3 is 0 Å². The highest BCUT2D eigenvalue weighted by molar-refractivity contribution is 5.76. The molecule has 1 atom stereocenters. The average molecular weight is 279 g/mol. The van der Waals surface area contributed by atoms with Gasteiger partial charge in [-0.3, -0.25) is 4.79 Å². The van der Waals surface area contributed by atoms with Crippen molar-refractivity contribution in [2.24, 2.45) is 0 Å². The zero-order chi connectivity index (χ0) is 14.8. The van der Waals surface area contributed by atoms with Gasteiger partial charge in [0.15, 0.2) is 0 Å². The number of benzene rings is 1. The third kappa shape index (κ3) is 6.57. The molecule has 1 unspecified atom stereocenters. The van der Waals surface area contributed by atoms with E-state index < -0.39 is 0 Å². The Morgan fingerprint density at radius 3 is 2.65 bits per heavy atom. The molecule has 4 heteroatoms. The Labute approximate surface area is 121 Å². The molecule has 20 heavy (non-hydrogen) atoms. The molecule has 1 aromatic rings. The lowest BCUT2D eigenvalue weighted by Crippen LogP contribution is -2.35. The van der Waals surface area contributed by atoms with Crippen LogP contribution < -0.4 is 10.1 Å². The van der Waals surface area contributed by atoms with Crippen molar-refractivity contribution < 1.29 is 14.6 Å². The van der Waals surface area contributed by atoms with Crippen molar-refractivity contribution in [3.63, 3.8) is 0 Å². The molecule has 1 rings (SSSR count). The molecular weight excluding hydrogens is 254 g/mol. The lowest BCUT2D eigenvalue weighted by molar-refractivity contribution is -0.122. The maximum absolute atomic E-state index is 11.7. The summed E-state index contributed by atoms with van der Waals surface area (Å²) in [4.78, 5) is 11.7. The SMILES string of the molecule is CCC(CCO)NC(=O)CCCOc1ccc(C)cc1. The minimum atomic E-state index is 0.0257. The van der Waals surface area contributed by atoms with E-state index in [4.69, 9.17) is 9.84 Å². The second kappa shape index (κ2) is 9.37. The number of aryl methyl sites for hydroxylation is 1. The van der Waals surface area contributed by atoms with Crippen LogP contribution in [0.1, 0.15) is 38.2 Å². The Hall–Kier alpha value is -1.55. The maximum atomic E-state index is 11.7. The Bertz CT molecular complexity index is 389. The zero-order valence-electron chi connectivity index (χ0n) is 12.4. The molecule has 0 saturated carbocycles. The lowest BCUT2D eigenvalue weighted by atomic mass is 10.1. The van der Waals surface area contributed by atoms with Gasteiger partial charge in [0.2, 0.25) is 5.91 Å². The number of ether oxygens (including phenoxy) is 1. The van der Waals surface area contributed by atoms with Gasteiger partial charge in [0.05, 0.1) is 6.61 Å². The molecule has 0 fully saturated rings. The molecule has 0 radical (unpaired) electrons. The van der Waals surface area contributed by atoms with Gasteiger partial charge in [-0.15, -0.1) is 0 Å². The van der Waals surface area contributed by atoms with Crippen molar-refractivity contribution >= 4 is 5.91 Å². The molecule has 112 valence electrons. The quantitative estimate of drug-likeness (QED) is 0.683. The van der Waals surface area contributed by atoms with Crippen molar-refractivity contribution in [3.8, 4) is 5.75 Å². The summed E-state index contributed by atoms with van der Waals surface area (Å²) in [6.07, 6.45) is 2.59. The molecule has 0 spiro atoms. The van der Waals surface area contributed by atoms with Crippen LogP contribution in [-0.2, 0) is 4.79 Å². The second-order valence-electron chi connectivity index (χ2n) is 4.95. The van der Waals surface area contributed by atoms with Gasteiger partial charge in [-0.1, -0.05) is 24.6 Å². The van der Waals surface area contributed by atoms with Crippen molar-refractivity contribution in [1.29, 1.82) is 0 Å². The number of carbonyl (C=O) groups excluding carboxylic acids is 1. The highest BCUT2D eigenvalue weighted by atomic mass is 16.5. The molecule has 2 N–H and O–H groups in total. The number of carbonyl (C=O) groups is 1. The summed E-state index contributed by atoms with van der Waals surface area (Å²) in [5.74, 6) is 0.862. The number of nitrogens with one attached hydrogen (secondary N) is 1. The Balaban J connectivity index is 2.17. The number of aliphatic hydroxyl groups is 1. The normalized spacial score (nSPS) is 11.9. The van der Waals surface area contributed by atoms with E-state index in [1.807, 2.05) is 38.1 Å². The van der Waals surface area contributed by atoms with Crippen LogP contribution in [0.2, 0.25) is 0 Å². The zero-order valence-corrected chi connectivity index (χ0v) is 12.4. The molecule has 0 aliphatic carbocycles. The third-order valence-electron chi connectivity index (χ3n) is 3.17. The van der Waals surface area contributed by atoms with Gasteiger partial charge in [0.25, 0.3) is 0 Å². The molecule has 0 saturated heterocycles. The number of hydrogen-bond acceptors (Lipinski definition) is 3. The first-order valence-corrected chi connectivity index (χ1v) is 7.25. The van der Waals surface area contributed by atoms with Crippen molar-refractivity contribution in [2.75, 3.05) is 13.2 Å². The van der Waals surface area contributed by atoms with Crippen LogP contribution in [0.3, 0.4) is 0 Å². The van der Waals surface area contributed by atoms with Crippen LogP contribution in [0.4, 0.5) is 0 Å². The van der Waals surface area contributed by atoms with Crippen molar-refractivity contribution in [1.82, 2.24) is 5.32 Å². The summed E-state index contributed by atoms with van der Waals surface area (Å²) in [7, 11) is 0. The van der Waals surface area contributed by atoms with Crippen molar-refractivity contribution in [2.45, 2.75) is 45.6 Å². The Morgan fingerprint density at radius 1 is 1.35 bits per heavy atom. The average Bonchev–Trinajstić information content (AvgIpc) is 2.45. The van der Waals surface area contributed by atoms with Crippen LogP contribution in [-0.4, -0.2) is 30.3 Å². The fraction of sp³-hybridized carbons (Fsp3) is 0.562. The molecule has 0 aliphatic rings. The first kappa shape index (κ1) is 16.5. The van der Waals surface area contributed by atoms with Crippen molar-refractivity contribution in [3.05, 3.63) is 29.8 Å². The lowest BCUT2D eigenvalue weighted by Gasteiger charge is -2.15. The largest absolute Gasteiger partial charge is 0.494 e. The summed E-state index contributed by atoms with van der Waals surface area (Å²) in [6, 6.07) is 7.95. The van der Waals surface area contributed by atoms with Crippen LogP contribution in [0.25, 0.3) is 0 Å². The topological polar surface area (TPSA) is 58.6 Å². The van der Waals surface area contributed by atoms with E-state index in [0.29, 0.717) is 25.9 Å². The molecule has 0 heterocycles. The summed E-state index contributed by atoms with van der Waals surface area (Å²) in [5, 5.41) is 11.8. The van der Waals surface area contributed by atoms with E-state index >= 15 is 0 Å². The molecule has 4 nitrogen and oxygen atoms in total. The standard InChI is InChI=1S/C16H25NO3/c1-3-14(10-11-18)17-16(19)5-4-12-20-15-8-6-13(2)7-9-15/h6-9,14,18H,3-5,10-12H2,1-2H3,(H,17,19). The highest BCUT2D eigenvalue weighted by Crippen LogP contribution is 2.11. The van der Waals surface area contributed by atoms with E-state index in [9.17, 15) is 4.79 Å². The minimum Gasteiger partial charge on any atom is -0.494 e. The van der Waals surface area contributed by atoms with Crippen LogP contribution in [0.5, 0.6) is 5.75 Å². The predicted molar refractivity (Wildman–Crippen MR) is 79.8 cm³/mol. The van der Waals surface area contributed by atoms with Gasteiger partial charge in [-0.2, -0.15) is 0 Å². The van der Waals surface area contributed by atoms with Crippen LogP contribution >= 0.6 is 0 Å². The number of rotatable bonds is 9. The van der Waals surface area contributed by atoms with E-state index in [2.05, 4.69) is 5.32 Å². The number of hydrogen-bond donors (Lipinski definition) is 2. The first-order chi connectivity index (χ1) is 9.65. The number of aliphatic hydroxyl groups excluding tert-OH is 1. The maximum Gasteiger partial charge on any atom is 0.220 e. The van der Waals surface area contributed by atoms with Crippen LogP contribution in [0, 0.1) is 6.92 Å². The molecular formula is C16H25NO3. The van der Waals surface area contributed by atoms with E-state index in [1.54, 1.807) is 0 Å². The second-order valence-corrected chi connectivity index (χ2v) is 4.95. The predicted octanol–water partition coefficient (Wildman–Crippen LogP) is 2.43. The molecule has 1 aromatic carbocycles. The van der Waals surface area contributed by atoms with Gasteiger partial charge in [0.1, 0.15) is 5.75 Å². The van der Waals surface area contributed by atoms with Gasteiger partial charge < -0.3 is 15.2 Å². The fourth-order valence-electron chi connectivity index (χ4n) is 1.89. The van der Waals surface area contributed by atoms with E-state index in [0.717, 1.165) is 12.2 Å². The molecule has 0 aliphatic heterocycles. The van der Waals surface area contributed by atoms with E-state index in [-0.39, 0.29) is 18.6 Å². The third-order valence-corrected chi connectivity index (χ3v) is 3.17. The highest BCUT2D eigenvalue weighted by Gasteiger charge is 2.09. The summed E-state index contributed by atoms with van der Waals surface area (Å²) in [5.41, 5.74) is 1.20. The molecule has 0 bridgehead atoms. The summed E-state index contributed by atoms with van der Waals surface area (Å²) < 4.78 is 5.57. The fourth-order valence-corrected chi connectivity index (χ4v) is 1.89. The monoisotopic (exact) mass is 279 g/mol. The first-order valence-electron chi connectivity index (χ1n) is 7.25. The molecule has 0 aromatic heterocycles. The minimum absolute atomic E-state index is 0.0257. The Morgan fingerprint density at radius 2 is 2.05 bits per heavy atom. The molecule has 1 amide bonds. The van der Waals surface area contributed by atoms with Gasteiger partial charge in [-0.25, -0.2) is 0 Å².